The number of hydrogen-bond acceptors (Lipinski definition) is 3. The molecule has 16 heavy (non-hydrogen) atoms. The van der Waals surface area contributed by atoms with Crippen molar-refractivity contribution in [2.45, 2.75) is 46.0 Å². The molecule has 3 N–H and O–H groups in total. The molecule has 1 heterocycles. The second-order valence-corrected chi connectivity index (χ2v) is 5.57. The molecule has 0 amide bonds. The van der Waals surface area contributed by atoms with Gasteiger partial charge < -0.3 is 10.8 Å². The Bertz CT molecular complexity index is 407. The number of nitrogen functional groups attached to an aromatic ring is 1. The number of carboxylic acids is 1. The van der Waals surface area contributed by atoms with Crippen LogP contribution in [0.4, 0.5) is 5.69 Å². The molecule has 3 nitrogen and oxygen atoms in total. The molecular weight excluding hydrogens is 222 g/mol. The first kappa shape index (κ1) is 13.0. The highest BCUT2D eigenvalue weighted by Crippen LogP contribution is 2.40. The molecule has 90 valence electrons. The standard InChI is InChI=1S/C12H19NO2S/c1-5-7-8(13)9(11(14)15)16-10(7)12(3,4)6-2/h5-6,13H2,1-4H3,(H,14,15). The molecule has 0 spiro atoms. The van der Waals surface area contributed by atoms with Gasteiger partial charge in [-0.25, -0.2) is 4.79 Å². The molecule has 0 saturated carbocycles. The van der Waals surface area contributed by atoms with E-state index in [2.05, 4.69) is 20.8 Å². The minimum absolute atomic E-state index is 0.00215. The minimum atomic E-state index is -0.921. The first-order valence-electron chi connectivity index (χ1n) is 5.50. The average Bonchev–Trinajstić information content (AvgIpc) is 2.56. The summed E-state index contributed by atoms with van der Waals surface area (Å²) in [6.07, 6.45) is 1.76. The predicted molar refractivity (Wildman–Crippen MR) is 68.4 cm³/mol. The zero-order valence-corrected chi connectivity index (χ0v) is 11.1. The van der Waals surface area contributed by atoms with Crippen LogP contribution in [0.15, 0.2) is 0 Å². The van der Waals surface area contributed by atoms with Gasteiger partial charge in [0, 0.05) is 4.88 Å². The normalized spacial score (nSPS) is 11.8. The van der Waals surface area contributed by atoms with Crippen LogP contribution in [-0.4, -0.2) is 11.1 Å². The van der Waals surface area contributed by atoms with Crippen LogP contribution in [-0.2, 0) is 11.8 Å². The maximum atomic E-state index is 11.0. The fourth-order valence-electron chi connectivity index (χ4n) is 1.70. The lowest BCUT2D eigenvalue weighted by atomic mass is 9.85. The molecule has 0 aliphatic carbocycles. The van der Waals surface area contributed by atoms with Gasteiger partial charge in [0.25, 0.3) is 0 Å². The summed E-state index contributed by atoms with van der Waals surface area (Å²) in [6, 6.07) is 0. The Balaban J connectivity index is 3.40. The zero-order chi connectivity index (χ0) is 12.5. The lowest BCUT2D eigenvalue weighted by Gasteiger charge is -2.22. The van der Waals surface area contributed by atoms with E-state index in [1.807, 2.05) is 6.92 Å². The highest BCUT2D eigenvalue weighted by Gasteiger charge is 2.28. The topological polar surface area (TPSA) is 63.3 Å². The molecule has 1 aromatic rings. The van der Waals surface area contributed by atoms with E-state index >= 15 is 0 Å². The van der Waals surface area contributed by atoms with Gasteiger partial charge in [-0.3, -0.25) is 0 Å². The third-order valence-corrected chi connectivity index (χ3v) is 4.70. The van der Waals surface area contributed by atoms with E-state index in [1.54, 1.807) is 0 Å². The predicted octanol–water partition coefficient (Wildman–Crippen LogP) is 3.28. The molecule has 0 fully saturated rings. The molecule has 0 unspecified atom stereocenters. The van der Waals surface area contributed by atoms with Crippen LogP contribution < -0.4 is 5.73 Å². The van der Waals surface area contributed by atoms with Crippen LogP contribution in [0.2, 0.25) is 0 Å². The lowest BCUT2D eigenvalue weighted by Crippen LogP contribution is -2.15. The van der Waals surface area contributed by atoms with E-state index in [0.717, 1.165) is 23.3 Å². The van der Waals surface area contributed by atoms with Crippen molar-refractivity contribution < 1.29 is 9.90 Å². The molecule has 0 aromatic carbocycles. The quantitative estimate of drug-likeness (QED) is 0.850. The first-order valence-corrected chi connectivity index (χ1v) is 6.31. The van der Waals surface area contributed by atoms with Crippen molar-refractivity contribution in [3.8, 4) is 0 Å². The second kappa shape index (κ2) is 4.45. The Labute approximate surface area is 100 Å². The molecule has 0 bridgehead atoms. The van der Waals surface area contributed by atoms with Crippen molar-refractivity contribution >= 4 is 23.0 Å². The Hall–Kier alpha value is -1.03. The largest absolute Gasteiger partial charge is 0.477 e. The Morgan fingerprint density at radius 1 is 1.44 bits per heavy atom. The molecule has 0 atom stereocenters. The van der Waals surface area contributed by atoms with Gasteiger partial charge in [-0.05, 0) is 23.8 Å². The van der Waals surface area contributed by atoms with E-state index in [1.165, 1.54) is 11.3 Å². The fourth-order valence-corrected chi connectivity index (χ4v) is 3.02. The summed E-state index contributed by atoms with van der Waals surface area (Å²) >= 11 is 1.33. The minimum Gasteiger partial charge on any atom is -0.477 e. The molecule has 1 rings (SSSR count). The van der Waals surface area contributed by atoms with Crippen molar-refractivity contribution in [3.05, 3.63) is 15.3 Å². The van der Waals surface area contributed by atoms with Gasteiger partial charge in [-0.2, -0.15) is 0 Å². The van der Waals surface area contributed by atoms with Crippen LogP contribution in [0.5, 0.6) is 0 Å². The molecule has 0 radical (unpaired) electrons. The molecule has 0 aliphatic rings. The van der Waals surface area contributed by atoms with E-state index in [4.69, 9.17) is 10.8 Å². The fraction of sp³-hybridized carbons (Fsp3) is 0.583. The Morgan fingerprint density at radius 2 is 2.00 bits per heavy atom. The van der Waals surface area contributed by atoms with Crippen LogP contribution in [0.25, 0.3) is 0 Å². The number of carbonyl (C=O) groups is 1. The lowest BCUT2D eigenvalue weighted by molar-refractivity contribution is 0.0703. The summed E-state index contributed by atoms with van der Waals surface area (Å²) in [7, 11) is 0. The highest BCUT2D eigenvalue weighted by atomic mass is 32.1. The molecule has 4 heteroatoms. The third kappa shape index (κ3) is 2.07. The van der Waals surface area contributed by atoms with E-state index < -0.39 is 5.97 Å². The highest BCUT2D eigenvalue weighted by molar-refractivity contribution is 7.15. The molecule has 1 aromatic heterocycles. The van der Waals surface area contributed by atoms with Gasteiger partial charge in [0.1, 0.15) is 4.88 Å². The zero-order valence-electron chi connectivity index (χ0n) is 10.3. The van der Waals surface area contributed by atoms with Crippen LogP contribution in [0, 0.1) is 0 Å². The third-order valence-electron chi connectivity index (χ3n) is 3.09. The summed E-state index contributed by atoms with van der Waals surface area (Å²) in [5.41, 5.74) is 7.36. The van der Waals surface area contributed by atoms with Crippen molar-refractivity contribution in [2.75, 3.05) is 5.73 Å². The van der Waals surface area contributed by atoms with Gasteiger partial charge in [-0.15, -0.1) is 11.3 Å². The van der Waals surface area contributed by atoms with E-state index in [0.29, 0.717) is 5.69 Å². The van der Waals surface area contributed by atoms with Crippen molar-refractivity contribution in [2.24, 2.45) is 0 Å². The van der Waals surface area contributed by atoms with Gasteiger partial charge in [0.2, 0.25) is 0 Å². The average molecular weight is 241 g/mol. The van der Waals surface area contributed by atoms with Crippen LogP contribution >= 0.6 is 11.3 Å². The summed E-state index contributed by atoms with van der Waals surface area (Å²) in [4.78, 5) is 12.5. The first-order chi connectivity index (χ1) is 7.35. The molecular formula is C12H19NO2S. The van der Waals surface area contributed by atoms with Gasteiger partial charge in [0.05, 0.1) is 5.69 Å². The van der Waals surface area contributed by atoms with Crippen molar-refractivity contribution in [1.82, 2.24) is 0 Å². The van der Waals surface area contributed by atoms with Crippen LogP contribution in [0.3, 0.4) is 0 Å². The number of nitrogens with two attached hydrogens (primary N) is 1. The van der Waals surface area contributed by atoms with Crippen molar-refractivity contribution in [1.29, 1.82) is 0 Å². The smallest absolute Gasteiger partial charge is 0.348 e. The van der Waals surface area contributed by atoms with Gasteiger partial charge in [0.15, 0.2) is 0 Å². The Morgan fingerprint density at radius 3 is 2.38 bits per heavy atom. The maximum Gasteiger partial charge on any atom is 0.348 e. The number of thiophene rings is 1. The second-order valence-electron chi connectivity index (χ2n) is 4.55. The Kier molecular flexibility index (Phi) is 3.63. The number of anilines is 1. The monoisotopic (exact) mass is 241 g/mol. The number of rotatable bonds is 4. The number of aromatic carboxylic acids is 1. The molecule has 0 saturated heterocycles. The summed E-state index contributed by atoms with van der Waals surface area (Å²) < 4.78 is 0. The number of carboxylic acid groups (broad SMARTS) is 1. The van der Waals surface area contributed by atoms with Gasteiger partial charge in [-0.1, -0.05) is 27.7 Å². The molecule has 0 aliphatic heterocycles. The van der Waals surface area contributed by atoms with Crippen LogP contribution in [0.1, 0.15) is 54.2 Å². The summed E-state index contributed by atoms with van der Waals surface area (Å²) in [5, 5.41) is 9.07. The number of hydrogen-bond donors (Lipinski definition) is 2. The summed E-state index contributed by atoms with van der Waals surface area (Å²) in [5.74, 6) is -0.921. The maximum absolute atomic E-state index is 11.0. The summed E-state index contributed by atoms with van der Waals surface area (Å²) in [6.45, 7) is 8.38. The van der Waals surface area contributed by atoms with E-state index in [-0.39, 0.29) is 10.3 Å². The van der Waals surface area contributed by atoms with Gasteiger partial charge >= 0.3 is 5.97 Å². The van der Waals surface area contributed by atoms with E-state index in [9.17, 15) is 4.79 Å². The SMILES string of the molecule is CCc1c(C(C)(C)CC)sc(C(=O)O)c1N. The van der Waals surface area contributed by atoms with Crippen molar-refractivity contribution in [3.63, 3.8) is 0 Å².